The van der Waals surface area contributed by atoms with Crippen LogP contribution in [-0.4, -0.2) is 37.5 Å². The molecule has 0 aliphatic carbocycles. The number of amides is 3. The van der Waals surface area contributed by atoms with Crippen LogP contribution in [0.15, 0.2) is 91.0 Å². The number of anilines is 3. The first-order valence-corrected chi connectivity index (χ1v) is 13.7. The summed E-state index contributed by atoms with van der Waals surface area (Å²) in [7, 11) is 0. The van der Waals surface area contributed by atoms with E-state index in [1.807, 2.05) is 20.8 Å². The quantitative estimate of drug-likeness (QED) is 0.177. The third-order valence-corrected chi connectivity index (χ3v) is 5.99. The summed E-state index contributed by atoms with van der Waals surface area (Å²) in [5.41, 5.74) is 2.02. The maximum atomic E-state index is 13.3. The lowest BCUT2D eigenvalue weighted by molar-refractivity contribution is 0.102. The molecule has 42 heavy (non-hydrogen) atoms. The Morgan fingerprint density at radius 2 is 0.690 bits per heavy atom. The van der Waals surface area contributed by atoms with Gasteiger partial charge in [-0.1, -0.05) is 0 Å². The summed E-state index contributed by atoms with van der Waals surface area (Å²) < 4.78 is 16.4. The highest BCUT2D eigenvalue weighted by molar-refractivity contribution is 6.12. The van der Waals surface area contributed by atoms with Crippen LogP contribution in [0.1, 0.15) is 51.8 Å². The molecule has 0 radical (unpaired) electrons. The molecule has 3 amide bonds. The summed E-state index contributed by atoms with van der Waals surface area (Å²) in [4.78, 5) is 39.8. The maximum absolute atomic E-state index is 13.3. The maximum Gasteiger partial charge on any atom is 0.255 e. The molecule has 0 saturated carbocycles. The zero-order valence-electron chi connectivity index (χ0n) is 23.7. The van der Waals surface area contributed by atoms with Crippen molar-refractivity contribution in [1.29, 1.82) is 0 Å². The highest BCUT2D eigenvalue weighted by Gasteiger charge is 2.18. The van der Waals surface area contributed by atoms with E-state index in [4.69, 9.17) is 14.2 Å². The SMILES string of the molecule is CCOc1ccc(NC(=O)c2cc(C(=O)Nc3ccc(OCC)cc3)cc(C(=O)Nc3ccc(OCC)cc3)c2)cc1. The van der Waals surface area contributed by atoms with E-state index in [2.05, 4.69) is 16.0 Å². The van der Waals surface area contributed by atoms with E-state index in [9.17, 15) is 14.4 Å². The van der Waals surface area contributed by atoms with Gasteiger partial charge in [0.1, 0.15) is 17.2 Å². The predicted molar refractivity (Wildman–Crippen MR) is 163 cm³/mol. The Morgan fingerprint density at radius 1 is 0.452 bits per heavy atom. The van der Waals surface area contributed by atoms with Gasteiger partial charge < -0.3 is 30.2 Å². The van der Waals surface area contributed by atoms with Crippen molar-refractivity contribution in [3.63, 3.8) is 0 Å². The van der Waals surface area contributed by atoms with Crippen LogP contribution in [0.25, 0.3) is 0 Å². The molecule has 9 nitrogen and oxygen atoms in total. The topological polar surface area (TPSA) is 115 Å². The number of carbonyl (C=O) groups excluding carboxylic acids is 3. The van der Waals surface area contributed by atoms with Crippen molar-refractivity contribution in [2.45, 2.75) is 20.8 Å². The number of ether oxygens (including phenoxy) is 3. The Labute approximate surface area is 244 Å². The summed E-state index contributed by atoms with van der Waals surface area (Å²) in [5.74, 6) is 0.588. The smallest absolute Gasteiger partial charge is 0.255 e. The molecule has 0 fully saturated rings. The van der Waals surface area contributed by atoms with Gasteiger partial charge in [-0.05, 0) is 112 Å². The van der Waals surface area contributed by atoms with Gasteiger partial charge in [-0.3, -0.25) is 14.4 Å². The number of hydrogen-bond donors (Lipinski definition) is 3. The fourth-order valence-electron chi connectivity index (χ4n) is 4.03. The first-order valence-electron chi connectivity index (χ1n) is 13.7. The zero-order valence-corrected chi connectivity index (χ0v) is 23.7. The van der Waals surface area contributed by atoms with E-state index in [1.165, 1.54) is 18.2 Å². The Balaban J connectivity index is 1.59. The second-order valence-corrected chi connectivity index (χ2v) is 9.03. The molecule has 3 N–H and O–H groups in total. The molecule has 0 spiro atoms. The van der Waals surface area contributed by atoms with Crippen LogP contribution in [0.2, 0.25) is 0 Å². The number of rotatable bonds is 12. The van der Waals surface area contributed by atoms with Crippen molar-refractivity contribution in [2.24, 2.45) is 0 Å². The molecule has 0 aliphatic rings. The molecule has 0 atom stereocenters. The van der Waals surface area contributed by atoms with Gasteiger partial charge in [0.15, 0.2) is 0 Å². The number of benzene rings is 4. The molecule has 0 aromatic heterocycles. The van der Waals surface area contributed by atoms with Gasteiger partial charge in [0.2, 0.25) is 0 Å². The number of nitrogens with one attached hydrogen (secondary N) is 3. The molecular weight excluding hydrogens is 534 g/mol. The molecule has 0 heterocycles. The van der Waals surface area contributed by atoms with Crippen LogP contribution in [-0.2, 0) is 0 Å². The van der Waals surface area contributed by atoms with Gasteiger partial charge >= 0.3 is 0 Å². The van der Waals surface area contributed by atoms with Crippen molar-refractivity contribution in [1.82, 2.24) is 0 Å². The lowest BCUT2D eigenvalue weighted by Crippen LogP contribution is -2.19. The monoisotopic (exact) mass is 567 g/mol. The van der Waals surface area contributed by atoms with Crippen LogP contribution in [0, 0.1) is 0 Å². The summed E-state index contributed by atoms with van der Waals surface area (Å²) in [6, 6.07) is 25.1. The van der Waals surface area contributed by atoms with Crippen LogP contribution in [0.3, 0.4) is 0 Å². The number of carbonyl (C=O) groups is 3. The van der Waals surface area contributed by atoms with Crippen molar-refractivity contribution >= 4 is 34.8 Å². The summed E-state index contributed by atoms with van der Waals surface area (Å²) in [5, 5.41) is 8.43. The Hall–Kier alpha value is -5.31. The Bertz CT molecular complexity index is 1320. The predicted octanol–water partition coefficient (Wildman–Crippen LogP) is 6.64. The van der Waals surface area contributed by atoms with E-state index in [-0.39, 0.29) is 16.7 Å². The lowest BCUT2D eigenvalue weighted by Gasteiger charge is -2.12. The van der Waals surface area contributed by atoms with Crippen LogP contribution in [0.5, 0.6) is 17.2 Å². The van der Waals surface area contributed by atoms with Crippen LogP contribution < -0.4 is 30.2 Å². The fourth-order valence-corrected chi connectivity index (χ4v) is 4.03. The van der Waals surface area contributed by atoms with Crippen molar-refractivity contribution in [3.8, 4) is 17.2 Å². The van der Waals surface area contributed by atoms with E-state index in [0.29, 0.717) is 54.1 Å². The third kappa shape index (κ3) is 8.11. The fraction of sp³-hybridized carbons (Fsp3) is 0.182. The minimum atomic E-state index is -0.481. The largest absolute Gasteiger partial charge is 0.494 e. The third-order valence-electron chi connectivity index (χ3n) is 5.99. The van der Waals surface area contributed by atoms with Crippen molar-refractivity contribution < 1.29 is 28.6 Å². The minimum absolute atomic E-state index is 0.139. The zero-order chi connectivity index (χ0) is 29.9. The second-order valence-electron chi connectivity index (χ2n) is 9.03. The van der Waals surface area contributed by atoms with Gasteiger partial charge in [0.05, 0.1) is 19.8 Å². The van der Waals surface area contributed by atoms with E-state index in [1.54, 1.807) is 72.8 Å². The molecule has 0 aliphatic heterocycles. The molecule has 0 bridgehead atoms. The molecule has 4 rings (SSSR count). The standard InChI is InChI=1S/C33H33N3O6/c1-4-40-28-13-7-25(8-14-28)34-31(37)22-19-23(32(38)35-26-9-15-29(16-10-26)41-5-2)21-24(20-22)33(39)36-27-11-17-30(18-12-27)42-6-3/h7-21H,4-6H2,1-3H3,(H,34,37)(H,35,38)(H,36,39). The normalized spacial score (nSPS) is 10.4. The first-order chi connectivity index (χ1) is 20.4. The van der Waals surface area contributed by atoms with Gasteiger partial charge in [-0.15, -0.1) is 0 Å². The molecule has 216 valence electrons. The molecule has 0 saturated heterocycles. The van der Waals surface area contributed by atoms with E-state index in [0.717, 1.165) is 0 Å². The van der Waals surface area contributed by atoms with Crippen molar-refractivity contribution in [2.75, 3.05) is 35.8 Å². The average molecular weight is 568 g/mol. The van der Waals surface area contributed by atoms with E-state index < -0.39 is 17.7 Å². The molecule has 0 unspecified atom stereocenters. The van der Waals surface area contributed by atoms with Gasteiger partial charge in [-0.2, -0.15) is 0 Å². The van der Waals surface area contributed by atoms with Crippen molar-refractivity contribution in [3.05, 3.63) is 108 Å². The Kier molecular flexibility index (Phi) is 10.1. The van der Waals surface area contributed by atoms with Crippen LogP contribution in [0.4, 0.5) is 17.1 Å². The summed E-state index contributed by atoms with van der Waals surface area (Å²) in [6.07, 6.45) is 0. The summed E-state index contributed by atoms with van der Waals surface area (Å²) >= 11 is 0. The lowest BCUT2D eigenvalue weighted by atomic mass is 10.0. The summed E-state index contributed by atoms with van der Waals surface area (Å²) in [6.45, 7) is 7.24. The number of hydrogen-bond acceptors (Lipinski definition) is 6. The van der Waals surface area contributed by atoms with E-state index >= 15 is 0 Å². The highest BCUT2D eigenvalue weighted by Crippen LogP contribution is 2.21. The first kappa shape index (κ1) is 29.7. The molecule has 4 aromatic rings. The molecule has 4 aromatic carbocycles. The second kappa shape index (κ2) is 14.4. The molecule has 9 heteroatoms. The van der Waals surface area contributed by atoms with Crippen LogP contribution >= 0.6 is 0 Å². The average Bonchev–Trinajstić information content (AvgIpc) is 3.00. The minimum Gasteiger partial charge on any atom is -0.494 e. The highest BCUT2D eigenvalue weighted by atomic mass is 16.5. The van der Waals surface area contributed by atoms with Gasteiger partial charge in [-0.25, -0.2) is 0 Å². The van der Waals surface area contributed by atoms with Gasteiger partial charge in [0.25, 0.3) is 17.7 Å². The molecular formula is C33H33N3O6. The van der Waals surface area contributed by atoms with Gasteiger partial charge in [0, 0.05) is 33.8 Å². The Morgan fingerprint density at radius 3 is 0.905 bits per heavy atom.